The van der Waals surface area contributed by atoms with Crippen LogP contribution in [-0.2, 0) is 0 Å². The summed E-state index contributed by atoms with van der Waals surface area (Å²) in [5.74, 6) is -0.479. The van der Waals surface area contributed by atoms with Crippen LogP contribution in [0.5, 0.6) is 5.75 Å². The average molecular weight is 394 g/mol. The van der Waals surface area contributed by atoms with Crippen LogP contribution < -0.4 is 4.74 Å². The zero-order chi connectivity index (χ0) is 14.0. The summed E-state index contributed by atoms with van der Waals surface area (Å²) in [5, 5.41) is 19.2. The van der Waals surface area contributed by atoms with Gasteiger partial charge in [0.2, 0.25) is 0 Å². The molecule has 104 valence electrons. The Kier molecular flexibility index (Phi) is 4.53. The number of carboxylic acid groups (broad SMARTS) is 1. The van der Waals surface area contributed by atoms with E-state index in [1.165, 1.54) is 12.1 Å². The van der Waals surface area contributed by atoms with E-state index in [2.05, 4.69) is 31.9 Å². The number of hydrogen-bond donors (Lipinski definition) is 2. The molecule has 0 unspecified atom stereocenters. The van der Waals surface area contributed by atoms with Crippen LogP contribution in [0, 0.1) is 0 Å². The zero-order valence-corrected chi connectivity index (χ0v) is 13.3. The molecule has 0 radical (unpaired) electrons. The van der Waals surface area contributed by atoms with Gasteiger partial charge in [-0.2, -0.15) is 0 Å². The third-order valence-corrected chi connectivity index (χ3v) is 4.44. The summed E-state index contributed by atoms with van der Waals surface area (Å²) in [6.45, 7) is 0.219. The maximum Gasteiger partial charge on any atom is 0.335 e. The fourth-order valence-corrected chi connectivity index (χ4v) is 3.62. The Morgan fingerprint density at radius 3 is 2.26 bits per heavy atom. The van der Waals surface area contributed by atoms with E-state index in [0.717, 1.165) is 25.7 Å². The second kappa shape index (κ2) is 5.81. The topological polar surface area (TPSA) is 66.8 Å². The summed E-state index contributed by atoms with van der Waals surface area (Å²) in [5.41, 5.74) is -0.588. The first kappa shape index (κ1) is 14.8. The van der Waals surface area contributed by atoms with E-state index in [9.17, 15) is 9.90 Å². The maximum absolute atomic E-state index is 10.9. The second-order valence-corrected chi connectivity index (χ2v) is 6.50. The normalized spacial score (nSPS) is 17.4. The molecule has 0 amide bonds. The Morgan fingerprint density at radius 1 is 1.26 bits per heavy atom. The molecule has 19 heavy (non-hydrogen) atoms. The summed E-state index contributed by atoms with van der Waals surface area (Å²) in [6.07, 6.45) is 3.52. The van der Waals surface area contributed by atoms with Crippen molar-refractivity contribution in [1.82, 2.24) is 0 Å². The van der Waals surface area contributed by atoms with E-state index in [1.54, 1.807) is 0 Å². The van der Waals surface area contributed by atoms with Gasteiger partial charge >= 0.3 is 5.97 Å². The molecule has 0 saturated heterocycles. The van der Waals surface area contributed by atoms with Crippen LogP contribution in [0.25, 0.3) is 0 Å². The molecule has 2 rings (SSSR count). The third kappa shape index (κ3) is 3.49. The molecule has 0 aromatic heterocycles. The molecule has 4 nitrogen and oxygen atoms in total. The number of benzene rings is 1. The number of halogens is 2. The van der Waals surface area contributed by atoms with Gasteiger partial charge in [-0.3, -0.25) is 0 Å². The molecule has 1 aliphatic carbocycles. The highest BCUT2D eigenvalue weighted by Crippen LogP contribution is 2.37. The SMILES string of the molecule is O=C(O)c1cc(Br)c(OCC2(O)CCCC2)c(Br)c1. The summed E-state index contributed by atoms with van der Waals surface area (Å²) in [6, 6.07) is 2.97. The van der Waals surface area contributed by atoms with Gasteiger partial charge in [0, 0.05) is 0 Å². The third-order valence-electron chi connectivity index (χ3n) is 3.26. The van der Waals surface area contributed by atoms with Gasteiger partial charge in [-0.1, -0.05) is 12.8 Å². The summed E-state index contributed by atoms with van der Waals surface area (Å²) in [4.78, 5) is 10.9. The molecule has 0 atom stereocenters. The Morgan fingerprint density at radius 2 is 1.79 bits per heavy atom. The highest BCUT2D eigenvalue weighted by atomic mass is 79.9. The van der Waals surface area contributed by atoms with Gasteiger partial charge in [-0.05, 0) is 56.8 Å². The summed E-state index contributed by atoms with van der Waals surface area (Å²) < 4.78 is 6.77. The molecule has 1 aliphatic rings. The quantitative estimate of drug-likeness (QED) is 0.820. The predicted octanol–water partition coefficient (Wildman–Crippen LogP) is 3.59. The highest BCUT2D eigenvalue weighted by molar-refractivity contribution is 9.11. The van der Waals surface area contributed by atoms with Gasteiger partial charge in [0.05, 0.1) is 20.1 Å². The van der Waals surface area contributed by atoms with Crippen LogP contribution in [0.1, 0.15) is 36.0 Å². The van der Waals surface area contributed by atoms with Crippen LogP contribution in [0.2, 0.25) is 0 Å². The van der Waals surface area contributed by atoms with E-state index in [-0.39, 0.29) is 12.2 Å². The fraction of sp³-hybridized carbons (Fsp3) is 0.462. The first-order chi connectivity index (χ1) is 8.91. The van der Waals surface area contributed by atoms with Gasteiger partial charge in [0.15, 0.2) is 0 Å². The van der Waals surface area contributed by atoms with Gasteiger partial charge in [-0.25, -0.2) is 4.79 Å². The van der Waals surface area contributed by atoms with Crippen LogP contribution in [0.3, 0.4) is 0 Å². The van der Waals surface area contributed by atoms with Crippen molar-refractivity contribution in [3.63, 3.8) is 0 Å². The number of carboxylic acids is 1. The minimum Gasteiger partial charge on any atom is -0.488 e. The van der Waals surface area contributed by atoms with Gasteiger partial charge in [0.1, 0.15) is 12.4 Å². The lowest BCUT2D eigenvalue weighted by molar-refractivity contribution is 0.000930. The molecule has 1 aromatic carbocycles. The molecule has 0 aliphatic heterocycles. The number of carbonyl (C=O) groups is 1. The standard InChI is InChI=1S/C13H14Br2O4/c14-9-5-8(12(16)17)6-10(15)11(9)19-7-13(18)3-1-2-4-13/h5-6,18H,1-4,7H2,(H,16,17). The number of ether oxygens (including phenoxy) is 1. The van der Waals surface area contributed by atoms with Crippen LogP contribution in [0.4, 0.5) is 0 Å². The minimum atomic E-state index is -0.998. The van der Waals surface area contributed by atoms with E-state index in [1.807, 2.05) is 0 Å². The lowest BCUT2D eigenvalue weighted by atomic mass is 10.0. The fourth-order valence-electron chi connectivity index (χ4n) is 2.21. The molecule has 1 fully saturated rings. The van der Waals surface area contributed by atoms with Crippen molar-refractivity contribution < 1.29 is 19.7 Å². The van der Waals surface area contributed by atoms with Crippen molar-refractivity contribution in [1.29, 1.82) is 0 Å². The molecule has 0 bridgehead atoms. The molecular formula is C13H14Br2O4. The number of hydrogen-bond acceptors (Lipinski definition) is 3. The number of rotatable bonds is 4. The second-order valence-electron chi connectivity index (χ2n) is 4.79. The van der Waals surface area contributed by atoms with E-state index in [0.29, 0.717) is 14.7 Å². The predicted molar refractivity (Wildman–Crippen MR) is 77.7 cm³/mol. The molecule has 0 spiro atoms. The van der Waals surface area contributed by atoms with Crippen molar-refractivity contribution in [3.05, 3.63) is 26.6 Å². The van der Waals surface area contributed by atoms with Crippen molar-refractivity contribution in [2.75, 3.05) is 6.61 Å². The summed E-state index contributed by atoms with van der Waals surface area (Å²) in [7, 11) is 0. The molecule has 1 saturated carbocycles. The Balaban J connectivity index is 2.14. The van der Waals surface area contributed by atoms with Crippen molar-refractivity contribution in [3.8, 4) is 5.75 Å². The molecule has 0 heterocycles. The lowest BCUT2D eigenvalue weighted by Crippen LogP contribution is -2.32. The Labute approximate surface area is 128 Å². The Hall–Kier alpha value is -0.590. The highest BCUT2D eigenvalue weighted by Gasteiger charge is 2.32. The zero-order valence-electron chi connectivity index (χ0n) is 10.2. The van der Waals surface area contributed by atoms with Gasteiger partial charge in [-0.15, -0.1) is 0 Å². The largest absolute Gasteiger partial charge is 0.488 e. The average Bonchev–Trinajstić information content (AvgIpc) is 2.75. The first-order valence-electron chi connectivity index (χ1n) is 5.99. The van der Waals surface area contributed by atoms with E-state index >= 15 is 0 Å². The van der Waals surface area contributed by atoms with E-state index in [4.69, 9.17) is 9.84 Å². The molecule has 2 N–H and O–H groups in total. The first-order valence-corrected chi connectivity index (χ1v) is 7.57. The maximum atomic E-state index is 10.9. The van der Waals surface area contributed by atoms with Crippen molar-refractivity contribution in [2.45, 2.75) is 31.3 Å². The van der Waals surface area contributed by atoms with Gasteiger partial charge < -0.3 is 14.9 Å². The van der Waals surface area contributed by atoms with Crippen LogP contribution in [0.15, 0.2) is 21.1 Å². The van der Waals surface area contributed by atoms with E-state index < -0.39 is 11.6 Å². The lowest BCUT2D eigenvalue weighted by Gasteiger charge is -2.23. The van der Waals surface area contributed by atoms with Crippen LogP contribution in [-0.4, -0.2) is 28.4 Å². The summed E-state index contributed by atoms with van der Waals surface area (Å²) >= 11 is 6.59. The smallest absolute Gasteiger partial charge is 0.335 e. The number of aromatic carboxylic acids is 1. The van der Waals surface area contributed by atoms with Crippen molar-refractivity contribution >= 4 is 37.8 Å². The van der Waals surface area contributed by atoms with Gasteiger partial charge in [0.25, 0.3) is 0 Å². The number of aliphatic hydroxyl groups is 1. The van der Waals surface area contributed by atoms with Crippen LogP contribution >= 0.6 is 31.9 Å². The molecule has 1 aromatic rings. The minimum absolute atomic E-state index is 0.172. The van der Waals surface area contributed by atoms with Crippen molar-refractivity contribution in [2.24, 2.45) is 0 Å². The monoisotopic (exact) mass is 392 g/mol. The molecule has 6 heteroatoms. The Bertz CT molecular complexity index is 472. The molecular weight excluding hydrogens is 380 g/mol.